The van der Waals surface area contributed by atoms with Crippen molar-refractivity contribution in [3.05, 3.63) is 154 Å². The number of hydrogen-bond acceptors (Lipinski definition) is 7. The van der Waals surface area contributed by atoms with Crippen molar-refractivity contribution in [3.8, 4) is 23.6 Å². The number of rotatable bonds is 7. The van der Waals surface area contributed by atoms with Gasteiger partial charge >= 0.3 is 0 Å². The van der Waals surface area contributed by atoms with Crippen LogP contribution >= 0.6 is 0 Å². The largest absolute Gasteiger partial charge is 0.364 e. The monoisotopic (exact) mass is 742 g/mol. The van der Waals surface area contributed by atoms with Crippen LogP contribution in [0.5, 0.6) is 0 Å². The molecule has 0 spiro atoms. The van der Waals surface area contributed by atoms with E-state index in [1.54, 1.807) is 53.2 Å². The molecule has 5 aromatic rings. The van der Waals surface area contributed by atoms with E-state index in [1.807, 2.05) is 66.9 Å². The topological polar surface area (TPSA) is 160 Å². The van der Waals surface area contributed by atoms with Crippen LogP contribution in [0.4, 0.5) is 0 Å². The third-order valence-corrected chi connectivity index (χ3v) is 5.77. The molecule has 1 aromatic heterocycles. The predicted octanol–water partition coefficient (Wildman–Crippen LogP) is 5.12. The van der Waals surface area contributed by atoms with E-state index in [-0.39, 0.29) is 52.4 Å². The van der Waals surface area contributed by atoms with Crippen LogP contribution in [0.25, 0.3) is 21.7 Å². The quantitative estimate of drug-likeness (QED) is 0.0595. The Hall–Kier alpha value is -3.50. The summed E-state index contributed by atoms with van der Waals surface area (Å²) in [7, 11) is 0. The molecule has 0 unspecified atom stereocenters. The summed E-state index contributed by atoms with van der Waals surface area (Å²) in [4.78, 5) is 2.66. The van der Waals surface area contributed by atoms with E-state index < -0.39 is 12.6 Å². The zero-order valence-electron chi connectivity index (χ0n) is 23.6. The van der Waals surface area contributed by atoms with Crippen molar-refractivity contribution in [1.29, 1.82) is 0 Å². The van der Waals surface area contributed by atoms with Gasteiger partial charge in [0.15, 0.2) is 12.6 Å². The molecule has 0 fully saturated rings. The van der Waals surface area contributed by atoms with Crippen molar-refractivity contribution < 1.29 is 72.8 Å². The molecular formula is C32H30N6O4Zr2. The molecule has 0 saturated heterocycles. The van der Waals surface area contributed by atoms with Crippen LogP contribution in [0.3, 0.4) is 0 Å². The van der Waals surface area contributed by atoms with Gasteiger partial charge in [-0.1, -0.05) is 113 Å². The Labute approximate surface area is 293 Å². The van der Waals surface area contributed by atoms with Crippen molar-refractivity contribution in [2.75, 3.05) is 0 Å². The van der Waals surface area contributed by atoms with Crippen molar-refractivity contribution in [2.45, 2.75) is 25.7 Å². The van der Waals surface area contributed by atoms with Gasteiger partial charge in [0.25, 0.3) is 0 Å². The molecule has 1 heterocycles. The Bertz CT molecular complexity index is 1590. The van der Waals surface area contributed by atoms with E-state index in [1.165, 1.54) is 0 Å². The van der Waals surface area contributed by atoms with Gasteiger partial charge in [-0.05, 0) is 28.8 Å². The first-order valence-corrected chi connectivity index (χ1v) is 12.8. The summed E-state index contributed by atoms with van der Waals surface area (Å²) >= 11 is 0. The van der Waals surface area contributed by atoms with Crippen LogP contribution < -0.4 is 0 Å². The molecule has 4 aromatic carbocycles. The standard InChI is InChI=1S/C16H15N3O2.C9H8O2.C7H7N3.2Zr/c20-16(21)14-8-6-13(7-9-14)15-11-19(18-17-15)10-12-4-2-1-3-5-12;1-2-7-3-5-8(6-4-7)9(10)11;8-10-9-6-7-4-2-1-3-5-7;;/h1-9,11,16,20-21H,10H2;1,3-6,9-11H;1-5H,6H2;;. The van der Waals surface area contributed by atoms with Crippen molar-refractivity contribution in [2.24, 2.45) is 5.11 Å². The van der Waals surface area contributed by atoms with E-state index in [0.717, 1.165) is 27.9 Å². The van der Waals surface area contributed by atoms with Crippen LogP contribution in [0, 0.1) is 12.3 Å². The normalized spacial score (nSPS) is 9.57. The van der Waals surface area contributed by atoms with Crippen LogP contribution in [-0.4, -0.2) is 35.4 Å². The molecule has 10 nitrogen and oxygen atoms in total. The molecule has 0 aliphatic carbocycles. The maximum Gasteiger partial charge on any atom is 0.178 e. The van der Waals surface area contributed by atoms with Gasteiger partial charge in [0.05, 0.1) is 19.3 Å². The summed E-state index contributed by atoms with van der Waals surface area (Å²) in [5, 5.41) is 47.2. The molecule has 0 amide bonds. The van der Waals surface area contributed by atoms with E-state index in [2.05, 4.69) is 26.3 Å². The molecule has 44 heavy (non-hydrogen) atoms. The maximum absolute atomic E-state index is 9.08. The molecule has 0 saturated carbocycles. The van der Waals surface area contributed by atoms with Crippen LogP contribution in [0.1, 0.15) is 40.4 Å². The molecular weight excluding hydrogens is 715 g/mol. The third-order valence-electron chi connectivity index (χ3n) is 5.77. The van der Waals surface area contributed by atoms with E-state index in [0.29, 0.717) is 24.2 Å². The summed E-state index contributed by atoms with van der Waals surface area (Å²) in [5.74, 6) is 2.43. The summed E-state index contributed by atoms with van der Waals surface area (Å²) in [6, 6.07) is 33.1. The van der Waals surface area contributed by atoms with Gasteiger partial charge in [-0.15, -0.1) is 11.5 Å². The van der Waals surface area contributed by atoms with E-state index >= 15 is 0 Å². The van der Waals surface area contributed by atoms with Gasteiger partial charge in [0, 0.05) is 79.6 Å². The number of aliphatic hydroxyl groups is 4. The number of aromatic nitrogens is 3. The number of azide groups is 1. The fraction of sp³-hybridized carbons (Fsp3) is 0.125. The Kier molecular flexibility index (Phi) is 18.6. The van der Waals surface area contributed by atoms with Crippen LogP contribution in [0.2, 0.25) is 0 Å². The van der Waals surface area contributed by atoms with E-state index in [9.17, 15) is 0 Å². The average Bonchev–Trinajstić information content (AvgIpc) is 3.50. The van der Waals surface area contributed by atoms with Crippen molar-refractivity contribution in [1.82, 2.24) is 15.0 Å². The molecule has 12 heteroatoms. The number of nitrogens with zero attached hydrogens (tertiary/aromatic N) is 6. The minimum absolute atomic E-state index is 0. The predicted molar refractivity (Wildman–Crippen MR) is 159 cm³/mol. The second-order valence-corrected chi connectivity index (χ2v) is 8.80. The Morgan fingerprint density at radius 1 is 0.750 bits per heavy atom. The second kappa shape index (κ2) is 21.2. The minimum atomic E-state index is -1.45. The molecule has 5 rings (SSSR count). The fourth-order valence-corrected chi connectivity index (χ4v) is 3.55. The molecule has 0 atom stereocenters. The first-order valence-electron chi connectivity index (χ1n) is 12.8. The molecule has 0 radical (unpaired) electrons. The molecule has 4 N–H and O–H groups in total. The zero-order valence-corrected chi connectivity index (χ0v) is 28.5. The van der Waals surface area contributed by atoms with Gasteiger partial charge in [-0.25, -0.2) is 4.68 Å². The van der Waals surface area contributed by atoms with Crippen LogP contribution in [-0.2, 0) is 65.5 Å². The molecule has 0 aliphatic rings. The van der Waals surface area contributed by atoms with Crippen LogP contribution in [0.15, 0.2) is 121 Å². The number of aliphatic hydroxyl groups excluding tert-OH is 2. The first kappa shape index (κ1) is 38.5. The Balaban J connectivity index is 0.000000358. The maximum atomic E-state index is 9.08. The molecule has 0 aliphatic heterocycles. The molecule has 220 valence electrons. The van der Waals surface area contributed by atoms with Gasteiger partial charge < -0.3 is 20.4 Å². The summed E-state index contributed by atoms with van der Waals surface area (Å²) in [6.07, 6.45) is 4.11. The minimum Gasteiger partial charge on any atom is -0.364 e. The summed E-state index contributed by atoms with van der Waals surface area (Å²) in [6.45, 7) is 1.11. The summed E-state index contributed by atoms with van der Waals surface area (Å²) < 4.78 is 1.78. The average molecular weight is 745 g/mol. The van der Waals surface area contributed by atoms with Gasteiger partial charge in [0.1, 0.15) is 5.69 Å². The van der Waals surface area contributed by atoms with Gasteiger partial charge in [-0.3, -0.25) is 0 Å². The Morgan fingerprint density at radius 3 is 1.73 bits per heavy atom. The van der Waals surface area contributed by atoms with Gasteiger partial charge in [-0.2, -0.15) is 0 Å². The third kappa shape index (κ3) is 13.4. The zero-order chi connectivity index (χ0) is 30.2. The SMILES string of the molecule is C#Cc1ccc(C(O)O)cc1.OC(O)c1ccc(-c2cn(Cc3ccccc3)nn2)cc1.[N-]=[N+]=NCc1ccccc1.[Zr].[Zr]. The molecule has 0 bridgehead atoms. The van der Waals surface area contributed by atoms with Crippen molar-refractivity contribution in [3.63, 3.8) is 0 Å². The first-order chi connectivity index (χ1) is 20.4. The summed E-state index contributed by atoms with van der Waals surface area (Å²) in [5.41, 5.74) is 13.5. The van der Waals surface area contributed by atoms with E-state index in [4.69, 9.17) is 32.4 Å². The fourth-order valence-electron chi connectivity index (χ4n) is 3.55. The van der Waals surface area contributed by atoms with Crippen molar-refractivity contribution >= 4 is 0 Å². The second-order valence-electron chi connectivity index (χ2n) is 8.80. The number of hydrogen-bond donors (Lipinski definition) is 4. The van der Waals surface area contributed by atoms with Gasteiger partial charge in [0.2, 0.25) is 0 Å². The smallest absolute Gasteiger partial charge is 0.178 e. The number of terminal acetylenes is 1. The Morgan fingerprint density at radius 2 is 1.25 bits per heavy atom. The number of benzene rings is 4.